The Kier molecular flexibility index (Phi) is 18.2. The minimum Gasteiger partial charge on any atom is -0.497 e. The number of likely N-dealkylation sites (tertiary alicyclic amines) is 1. The number of H-pyrrole nitrogens is 1. The van der Waals surface area contributed by atoms with Crippen LogP contribution < -0.4 is 25.5 Å². The van der Waals surface area contributed by atoms with E-state index in [-0.39, 0.29) is 41.7 Å². The first-order valence-electron chi connectivity index (χ1n) is 14.9. The normalized spacial score (nSPS) is 17.8. The number of nitrogens with one attached hydrogen (secondary N) is 4. The molecule has 1 aromatic heterocycles. The summed E-state index contributed by atoms with van der Waals surface area (Å²) in [4.78, 5) is 59.4. The van der Waals surface area contributed by atoms with Crippen LogP contribution in [0.5, 0.6) is 5.75 Å². The van der Waals surface area contributed by atoms with Crippen molar-refractivity contribution in [3.8, 4) is 5.75 Å². The van der Waals surface area contributed by atoms with E-state index in [2.05, 4.69) is 64.4 Å². The fraction of sp³-hybridized carbons (Fsp3) is 0.343. The summed E-state index contributed by atoms with van der Waals surface area (Å²) in [6.07, 6.45) is 10.7. The van der Waals surface area contributed by atoms with Gasteiger partial charge in [-0.25, -0.2) is 0 Å². The molecule has 2 fully saturated rings. The Morgan fingerprint density at radius 3 is 2.34 bits per heavy atom. The lowest BCUT2D eigenvalue weighted by molar-refractivity contribution is -0.124. The van der Waals surface area contributed by atoms with Gasteiger partial charge in [-0.05, 0) is 63.4 Å². The Labute approximate surface area is 282 Å². The van der Waals surface area contributed by atoms with Crippen LogP contribution in [0.4, 0.5) is 0 Å². The number of aldehydes is 1. The van der Waals surface area contributed by atoms with E-state index in [1.54, 1.807) is 63.6 Å². The summed E-state index contributed by atoms with van der Waals surface area (Å²) in [5.41, 5.74) is 2.64. The third kappa shape index (κ3) is 13.3. The number of hydrogen-bond donors (Lipinski definition) is 5. The number of methoxy groups -OCH3 is 1. The minimum absolute atomic E-state index is 0.0169. The van der Waals surface area contributed by atoms with Gasteiger partial charge in [0.1, 0.15) is 12.0 Å². The van der Waals surface area contributed by atoms with Gasteiger partial charge >= 0.3 is 0 Å². The molecule has 0 radical (unpaired) electrons. The van der Waals surface area contributed by atoms with Crippen LogP contribution >= 0.6 is 12.8 Å². The largest absolute Gasteiger partial charge is 0.497 e. The molecule has 2 heterocycles. The predicted octanol–water partition coefficient (Wildman–Crippen LogP) is 3.77. The number of benzene rings is 1. The number of pyridine rings is 1. The predicted molar refractivity (Wildman–Crippen MR) is 192 cm³/mol. The van der Waals surface area contributed by atoms with Gasteiger partial charge in [-0.2, -0.15) is 0 Å². The van der Waals surface area contributed by atoms with Crippen LogP contribution in [-0.4, -0.2) is 74.2 Å². The van der Waals surface area contributed by atoms with Crippen LogP contribution in [0.2, 0.25) is 0 Å². The first-order chi connectivity index (χ1) is 22.4. The first kappa shape index (κ1) is 40.3. The van der Waals surface area contributed by atoms with Crippen molar-refractivity contribution in [1.82, 2.24) is 25.2 Å². The molecule has 0 bridgehead atoms. The number of allylic oxidation sites excluding steroid dienone is 5. The highest BCUT2D eigenvalue weighted by molar-refractivity contribution is 7.78. The quantitative estimate of drug-likeness (QED) is 0.0853. The van der Waals surface area contributed by atoms with Gasteiger partial charge in [0, 0.05) is 41.8 Å². The van der Waals surface area contributed by atoms with Crippen LogP contribution in [0.15, 0.2) is 85.3 Å². The van der Waals surface area contributed by atoms with Gasteiger partial charge in [0.15, 0.2) is 5.43 Å². The fourth-order valence-electron chi connectivity index (χ4n) is 4.46. The van der Waals surface area contributed by atoms with Crippen LogP contribution in [-0.2, 0) is 19.2 Å². The maximum absolute atomic E-state index is 12.1. The van der Waals surface area contributed by atoms with Crippen molar-refractivity contribution in [3.05, 3.63) is 96.4 Å². The lowest BCUT2D eigenvalue weighted by atomic mass is 10.1. The van der Waals surface area contributed by atoms with E-state index in [4.69, 9.17) is 4.74 Å². The second-order valence-corrected chi connectivity index (χ2v) is 10.9. The molecule has 4 rings (SSSR count). The molecule has 3 atom stereocenters. The van der Waals surface area contributed by atoms with Crippen molar-refractivity contribution in [3.63, 3.8) is 0 Å². The monoisotopic (exact) mass is 665 g/mol. The van der Waals surface area contributed by atoms with Crippen molar-refractivity contribution < 1.29 is 23.9 Å². The topological polar surface area (TPSA) is 150 Å². The zero-order valence-electron chi connectivity index (χ0n) is 27.6. The van der Waals surface area contributed by atoms with Crippen molar-refractivity contribution in [1.29, 1.82) is 0 Å². The number of amides is 3. The fourth-order valence-corrected chi connectivity index (χ4v) is 4.63. The standard InChI is InChI=1S/C16H15NO2.C7H14N2O.C6H9NO2.C6H9NOS/c1-4-6-11(5-2)14-10-16(18)13-8-7-12(19-3)9-15(13)17-14;1-8-7(10)6-4-3-5-9(6)2;1-5(2)6(9)7-3-4-8;1-2-4-3-5(4)6(8)7-9/h4-10H,1-2H2,3H3,(H,17,18);6H,3-5H2,1-2H3,(H,8,10);4H,1,3H2,2H3,(H,7,9);2,4-5,9H,1,3H2,(H,7,8)/b11-6+;;;. The summed E-state index contributed by atoms with van der Waals surface area (Å²) in [6, 6.07) is 7.01. The maximum atomic E-state index is 12.1. The Morgan fingerprint density at radius 1 is 1.17 bits per heavy atom. The maximum Gasteiger partial charge on any atom is 0.246 e. The second-order valence-electron chi connectivity index (χ2n) is 10.6. The molecule has 1 aromatic carbocycles. The van der Waals surface area contributed by atoms with Crippen molar-refractivity contribution >= 4 is 53.3 Å². The number of aromatic nitrogens is 1. The third-order valence-corrected chi connectivity index (χ3v) is 7.48. The van der Waals surface area contributed by atoms with Gasteiger partial charge in [0.25, 0.3) is 0 Å². The molecule has 11 nitrogen and oxygen atoms in total. The number of hydrogen-bond acceptors (Lipinski definition) is 8. The van der Waals surface area contributed by atoms with E-state index in [9.17, 15) is 24.0 Å². The number of aromatic amines is 1. The molecule has 2 aliphatic rings. The zero-order chi connectivity index (χ0) is 35.5. The SMILES string of the molecule is C=C(C)C(=O)NCC=O.C=C/C=C(\C=C)c1cc(=O)c2ccc(OC)cc2[nH]1.C=CC1CC1C(=O)NS.CNC(=O)C1CCCN1C. The van der Waals surface area contributed by atoms with Gasteiger partial charge in [-0.15, -0.1) is 6.58 Å². The molecule has 0 spiro atoms. The summed E-state index contributed by atoms with van der Waals surface area (Å²) < 4.78 is 7.46. The number of carbonyl (C=O) groups excluding carboxylic acids is 4. The molecule has 254 valence electrons. The molecule has 1 aliphatic heterocycles. The van der Waals surface area contributed by atoms with E-state index in [1.165, 1.54) is 0 Å². The molecule has 12 heteroatoms. The highest BCUT2D eigenvalue weighted by atomic mass is 32.1. The molecule has 1 saturated heterocycles. The van der Waals surface area contributed by atoms with Crippen LogP contribution in [0.3, 0.4) is 0 Å². The minimum atomic E-state index is -0.276. The number of carbonyl (C=O) groups is 4. The number of likely N-dealkylation sites (N-methyl/N-ethyl adjacent to an activating group) is 2. The van der Waals surface area contributed by atoms with Crippen molar-refractivity contribution in [2.24, 2.45) is 11.8 Å². The van der Waals surface area contributed by atoms with E-state index in [1.807, 2.05) is 13.1 Å². The second kappa shape index (κ2) is 21.2. The van der Waals surface area contributed by atoms with E-state index >= 15 is 0 Å². The van der Waals surface area contributed by atoms with Gasteiger partial charge in [0.05, 0.1) is 25.2 Å². The lowest BCUT2D eigenvalue weighted by Crippen LogP contribution is -2.39. The van der Waals surface area contributed by atoms with Gasteiger partial charge in [0.2, 0.25) is 17.7 Å². The highest BCUT2D eigenvalue weighted by Crippen LogP contribution is 2.39. The molecule has 2 aromatic rings. The van der Waals surface area contributed by atoms with Gasteiger partial charge in [-0.1, -0.05) is 56.9 Å². The average Bonchev–Trinajstić information content (AvgIpc) is 3.76. The molecule has 3 amide bonds. The van der Waals surface area contributed by atoms with E-state index in [0.29, 0.717) is 34.6 Å². The number of thiol groups is 1. The number of fused-ring (bicyclic) bond motifs is 1. The molecule has 3 unspecified atom stereocenters. The van der Waals surface area contributed by atoms with Crippen LogP contribution in [0, 0.1) is 11.8 Å². The number of ether oxygens (including phenoxy) is 1. The molecule has 4 N–H and O–H groups in total. The van der Waals surface area contributed by atoms with E-state index in [0.717, 1.165) is 36.9 Å². The summed E-state index contributed by atoms with van der Waals surface area (Å²) >= 11 is 3.64. The van der Waals surface area contributed by atoms with Gasteiger partial charge in [-0.3, -0.25) is 24.1 Å². The first-order valence-corrected chi connectivity index (χ1v) is 15.4. The zero-order valence-corrected chi connectivity index (χ0v) is 28.5. The van der Waals surface area contributed by atoms with Gasteiger partial charge < -0.3 is 29.9 Å². The van der Waals surface area contributed by atoms with Crippen LogP contribution in [0.1, 0.15) is 31.9 Å². The Bertz CT molecular complexity index is 1530. The summed E-state index contributed by atoms with van der Waals surface area (Å²) in [5.74, 6) is 1.15. The summed E-state index contributed by atoms with van der Waals surface area (Å²) in [5, 5.41) is 5.61. The Morgan fingerprint density at radius 2 is 1.87 bits per heavy atom. The summed E-state index contributed by atoms with van der Waals surface area (Å²) in [6.45, 7) is 17.0. The third-order valence-electron chi connectivity index (χ3n) is 7.26. The number of nitrogens with zero attached hydrogens (tertiary/aromatic N) is 1. The lowest BCUT2D eigenvalue weighted by Gasteiger charge is -2.16. The molecule has 1 saturated carbocycles. The van der Waals surface area contributed by atoms with E-state index < -0.39 is 0 Å². The molecule has 1 aliphatic carbocycles. The Hall–Kier alpha value is -4.68. The Balaban J connectivity index is 0.000000337. The van der Waals surface area contributed by atoms with Crippen LogP contribution in [0.25, 0.3) is 16.5 Å². The van der Waals surface area contributed by atoms with Crippen molar-refractivity contribution in [2.45, 2.75) is 32.2 Å². The smallest absolute Gasteiger partial charge is 0.246 e. The molecule has 47 heavy (non-hydrogen) atoms. The summed E-state index contributed by atoms with van der Waals surface area (Å²) in [7, 11) is 5.28. The molecular formula is C35H47N5O6S. The molecular weight excluding hydrogens is 618 g/mol. The average molecular weight is 666 g/mol. The highest BCUT2D eigenvalue weighted by Gasteiger charge is 2.40. The van der Waals surface area contributed by atoms with Crippen molar-refractivity contribution in [2.75, 3.05) is 34.3 Å². The number of rotatable bonds is 10.